The van der Waals surface area contributed by atoms with Gasteiger partial charge in [0.2, 0.25) is 0 Å². The maximum Gasteiger partial charge on any atom is 0.264 e. The minimum absolute atomic E-state index is 0.189. The highest BCUT2D eigenvalue weighted by Crippen LogP contribution is 2.34. The lowest BCUT2D eigenvalue weighted by atomic mass is 10.2. The predicted octanol–water partition coefficient (Wildman–Crippen LogP) is 4.38. The van der Waals surface area contributed by atoms with Crippen LogP contribution in [0.5, 0.6) is 17.2 Å². The molecule has 0 radical (unpaired) electrons. The minimum atomic E-state index is -0.189. The van der Waals surface area contributed by atoms with Gasteiger partial charge in [-0.3, -0.25) is 4.79 Å². The van der Waals surface area contributed by atoms with E-state index in [1.54, 1.807) is 13.2 Å². The van der Waals surface area contributed by atoms with E-state index in [0.29, 0.717) is 46.2 Å². The Morgan fingerprint density at radius 2 is 1.79 bits per heavy atom. The number of aliphatic imine (C=N–C) groups is 1. The van der Waals surface area contributed by atoms with Crippen LogP contribution in [-0.4, -0.2) is 31.4 Å². The Morgan fingerprint density at radius 1 is 1.04 bits per heavy atom. The Bertz CT molecular complexity index is 924. The summed E-state index contributed by atoms with van der Waals surface area (Å²) in [4.78, 5) is 17.4. The Balaban J connectivity index is 1.83. The van der Waals surface area contributed by atoms with Crippen LogP contribution >= 0.6 is 11.8 Å². The molecular weight excluding hydrogens is 376 g/mol. The summed E-state index contributed by atoms with van der Waals surface area (Å²) >= 11 is 1.29. The van der Waals surface area contributed by atoms with Gasteiger partial charge in [0.1, 0.15) is 11.4 Å². The summed E-state index contributed by atoms with van der Waals surface area (Å²) in [6.07, 6.45) is 1.80. The summed E-state index contributed by atoms with van der Waals surface area (Å²) in [5, 5.41) is 3.31. The molecule has 2 aromatic rings. The Hall–Kier alpha value is -2.93. The molecule has 0 aliphatic carbocycles. The van der Waals surface area contributed by atoms with Gasteiger partial charge in [-0.05, 0) is 61.5 Å². The molecule has 1 heterocycles. The third-order valence-corrected chi connectivity index (χ3v) is 4.73. The highest BCUT2D eigenvalue weighted by molar-refractivity contribution is 8.18. The highest BCUT2D eigenvalue weighted by Gasteiger charge is 2.24. The molecule has 1 N–H and O–H groups in total. The van der Waals surface area contributed by atoms with E-state index in [-0.39, 0.29) is 5.91 Å². The Morgan fingerprint density at radius 3 is 2.54 bits per heavy atom. The monoisotopic (exact) mass is 398 g/mol. The number of carbonyl (C=O) groups is 1. The van der Waals surface area contributed by atoms with Gasteiger partial charge in [-0.2, -0.15) is 0 Å². The van der Waals surface area contributed by atoms with Crippen LogP contribution in [0.4, 0.5) is 5.69 Å². The number of amides is 1. The standard InChI is InChI=1S/C21H22N2O4S/c1-4-26-16-9-7-6-8-15(16)22-21-23-20(24)19(28-21)13-14-10-11-17(27-5-2)18(12-14)25-3/h6-13H,4-5H2,1-3H3,(H,22,23,24)/b19-13+. The second-order valence-electron chi connectivity index (χ2n) is 5.73. The summed E-state index contributed by atoms with van der Waals surface area (Å²) in [7, 11) is 1.59. The van der Waals surface area contributed by atoms with E-state index in [4.69, 9.17) is 14.2 Å². The quantitative estimate of drug-likeness (QED) is 0.701. The van der Waals surface area contributed by atoms with Crippen LogP contribution in [0.2, 0.25) is 0 Å². The molecule has 0 bridgehead atoms. The fourth-order valence-corrected chi connectivity index (χ4v) is 3.45. The van der Waals surface area contributed by atoms with E-state index >= 15 is 0 Å². The van der Waals surface area contributed by atoms with E-state index in [1.807, 2.05) is 56.3 Å². The zero-order valence-electron chi connectivity index (χ0n) is 16.0. The largest absolute Gasteiger partial charge is 0.493 e. The van der Waals surface area contributed by atoms with Gasteiger partial charge < -0.3 is 19.5 Å². The fraction of sp³-hybridized carbons (Fsp3) is 0.238. The van der Waals surface area contributed by atoms with Gasteiger partial charge in [0, 0.05) is 0 Å². The van der Waals surface area contributed by atoms with E-state index < -0.39 is 0 Å². The first-order valence-electron chi connectivity index (χ1n) is 8.96. The van der Waals surface area contributed by atoms with Crippen molar-refractivity contribution in [2.24, 2.45) is 4.99 Å². The molecule has 0 spiro atoms. The molecular formula is C21H22N2O4S. The summed E-state index contributed by atoms with van der Waals surface area (Å²) in [6, 6.07) is 13.0. The lowest BCUT2D eigenvalue weighted by molar-refractivity contribution is -0.115. The lowest BCUT2D eigenvalue weighted by Gasteiger charge is -2.09. The van der Waals surface area contributed by atoms with Crippen molar-refractivity contribution in [2.75, 3.05) is 20.3 Å². The van der Waals surface area contributed by atoms with Crippen LogP contribution in [0, 0.1) is 0 Å². The second-order valence-corrected chi connectivity index (χ2v) is 6.76. The maximum atomic E-state index is 12.3. The van der Waals surface area contributed by atoms with Gasteiger partial charge >= 0.3 is 0 Å². The first kappa shape index (κ1) is 19.8. The van der Waals surface area contributed by atoms with Crippen molar-refractivity contribution in [1.29, 1.82) is 0 Å². The van der Waals surface area contributed by atoms with Gasteiger partial charge in [-0.15, -0.1) is 0 Å². The average Bonchev–Trinajstić information content (AvgIpc) is 3.03. The van der Waals surface area contributed by atoms with Crippen molar-refractivity contribution < 1.29 is 19.0 Å². The molecule has 1 amide bonds. The van der Waals surface area contributed by atoms with Crippen molar-refractivity contribution in [3.05, 3.63) is 52.9 Å². The van der Waals surface area contributed by atoms with Crippen molar-refractivity contribution in [2.45, 2.75) is 13.8 Å². The minimum Gasteiger partial charge on any atom is -0.493 e. The first-order chi connectivity index (χ1) is 13.6. The first-order valence-corrected chi connectivity index (χ1v) is 9.78. The molecule has 0 saturated carbocycles. The number of rotatable bonds is 7. The number of hydrogen-bond acceptors (Lipinski definition) is 6. The Kier molecular flexibility index (Phi) is 6.60. The summed E-state index contributed by atoms with van der Waals surface area (Å²) in [6.45, 7) is 4.94. The number of nitrogens with one attached hydrogen (secondary N) is 1. The van der Waals surface area contributed by atoms with Gasteiger partial charge in [0.05, 0.1) is 25.2 Å². The second kappa shape index (κ2) is 9.32. The molecule has 2 aromatic carbocycles. The van der Waals surface area contributed by atoms with Crippen molar-refractivity contribution >= 4 is 34.6 Å². The number of amidine groups is 1. The average molecular weight is 398 g/mol. The Labute approximate surface area is 168 Å². The molecule has 1 saturated heterocycles. The molecule has 6 nitrogen and oxygen atoms in total. The summed E-state index contributed by atoms with van der Waals surface area (Å²) in [5.74, 6) is 1.79. The molecule has 1 aliphatic rings. The van der Waals surface area contributed by atoms with Crippen LogP contribution in [-0.2, 0) is 4.79 Å². The summed E-state index contributed by atoms with van der Waals surface area (Å²) < 4.78 is 16.5. The third kappa shape index (κ3) is 4.67. The lowest BCUT2D eigenvalue weighted by Crippen LogP contribution is -2.19. The number of benzene rings is 2. The van der Waals surface area contributed by atoms with Crippen LogP contribution < -0.4 is 19.5 Å². The van der Waals surface area contributed by atoms with Crippen molar-refractivity contribution in [1.82, 2.24) is 5.32 Å². The van der Waals surface area contributed by atoms with Crippen molar-refractivity contribution in [3.63, 3.8) is 0 Å². The fourth-order valence-electron chi connectivity index (χ4n) is 2.62. The molecule has 7 heteroatoms. The van der Waals surface area contributed by atoms with E-state index in [0.717, 1.165) is 5.56 Å². The van der Waals surface area contributed by atoms with Gasteiger partial charge in [-0.1, -0.05) is 18.2 Å². The smallest absolute Gasteiger partial charge is 0.264 e. The van der Waals surface area contributed by atoms with Crippen LogP contribution in [0.25, 0.3) is 6.08 Å². The van der Waals surface area contributed by atoms with Gasteiger partial charge in [0.15, 0.2) is 16.7 Å². The molecule has 0 aromatic heterocycles. The van der Waals surface area contributed by atoms with Gasteiger partial charge in [-0.25, -0.2) is 4.99 Å². The number of nitrogens with zero attached hydrogens (tertiary/aromatic N) is 1. The molecule has 28 heavy (non-hydrogen) atoms. The van der Waals surface area contributed by atoms with E-state index in [1.165, 1.54) is 11.8 Å². The van der Waals surface area contributed by atoms with Crippen molar-refractivity contribution in [3.8, 4) is 17.2 Å². The van der Waals surface area contributed by atoms with Gasteiger partial charge in [0.25, 0.3) is 5.91 Å². The van der Waals surface area contributed by atoms with Crippen LogP contribution in [0.3, 0.4) is 0 Å². The molecule has 0 unspecified atom stereocenters. The molecule has 1 aliphatic heterocycles. The van der Waals surface area contributed by atoms with E-state index in [2.05, 4.69) is 10.3 Å². The normalized spacial score (nSPS) is 16.3. The number of hydrogen-bond donors (Lipinski definition) is 1. The van der Waals surface area contributed by atoms with Crippen LogP contribution in [0.1, 0.15) is 19.4 Å². The maximum absolute atomic E-state index is 12.3. The molecule has 146 valence electrons. The SMILES string of the molecule is CCOc1ccccc1N=C1NC(=O)/C(=C\c2ccc(OCC)c(OC)c2)S1. The van der Waals surface area contributed by atoms with Crippen LogP contribution in [0.15, 0.2) is 52.4 Å². The van der Waals surface area contributed by atoms with E-state index in [9.17, 15) is 4.79 Å². The number of thioether (sulfide) groups is 1. The topological polar surface area (TPSA) is 69.2 Å². The number of para-hydroxylation sites is 2. The summed E-state index contributed by atoms with van der Waals surface area (Å²) in [5.41, 5.74) is 1.52. The third-order valence-electron chi connectivity index (χ3n) is 3.82. The zero-order chi connectivity index (χ0) is 19.9. The molecule has 1 fully saturated rings. The number of methoxy groups -OCH3 is 1. The zero-order valence-corrected chi connectivity index (χ0v) is 16.8. The molecule has 0 atom stereocenters. The predicted molar refractivity (Wildman–Crippen MR) is 113 cm³/mol. The molecule has 3 rings (SSSR count). The highest BCUT2D eigenvalue weighted by atomic mass is 32.2. The number of carbonyl (C=O) groups excluding carboxylic acids is 1. The number of ether oxygens (including phenoxy) is 3.